The number of rotatable bonds is 12. The molecular weight excluding hydrogens is 496 g/mol. The van der Waals surface area contributed by atoms with Gasteiger partial charge >= 0.3 is 0 Å². The molecule has 1 aliphatic rings. The highest BCUT2D eigenvalue weighted by atomic mass is 32.2. The predicted octanol–water partition coefficient (Wildman–Crippen LogP) is 5.22. The summed E-state index contributed by atoms with van der Waals surface area (Å²) in [5.41, 5.74) is 5.16. The van der Waals surface area contributed by atoms with Crippen molar-refractivity contribution in [3.8, 4) is 5.75 Å². The number of aliphatic hydroxyl groups is 1. The molecule has 0 unspecified atom stereocenters. The van der Waals surface area contributed by atoms with Crippen molar-refractivity contribution in [3.63, 3.8) is 0 Å². The smallest absolute Gasteiger partial charge is 0.136 e. The van der Waals surface area contributed by atoms with E-state index in [1.807, 2.05) is 30.5 Å². The number of halogens is 2. The molecule has 6 nitrogen and oxygen atoms in total. The van der Waals surface area contributed by atoms with Gasteiger partial charge in [-0.05, 0) is 85.7 Å². The van der Waals surface area contributed by atoms with Crippen LogP contribution in [-0.4, -0.2) is 61.2 Å². The number of thioether (sulfide) groups is 1. The largest absolute Gasteiger partial charge is 0.497 e. The van der Waals surface area contributed by atoms with Gasteiger partial charge in [-0.25, -0.2) is 8.78 Å². The normalized spacial score (nSPS) is 19.3. The van der Waals surface area contributed by atoms with Crippen molar-refractivity contribution in [3.05, 3.63) is 65.9 Å². The van der Waals surface area contributed by atoms with E-state index in [9.17, 15) is 13.9 Å². The van der Waals surface area contributed by atoms with Crippen LogP contribution in [0.25, 0.3) is 10.9 Å². The molecule has 1 aromatic heterocycles. The molecule has 2 N–H and O–H groups in total. The first-order chi connectivity index (χ1) is 18.0. The number of likely N-dealkylation sites (tertiary alicyclic amines) is 1. The lowest BCUT2D eigenvalue weighted by Crippen LogP contribution is -2.43. The third-order valence-corrected chi connectivity index (χ3v) is 8.22. The molecule has 2 heterocycles. The number of benzene rings is 2. The maximum Gasteiger partial charge on any atom is 0.136 e. The topological polar surface area (TPSA) is 66.9 Å². The summed E-state index contributed by atoms with van der Waals surface area (Å²) in [6.45, 7) is 2.61. The molecule has 0 bridgehead atoms. The minimum absolute atomic E-state index is 0.0301. The van der Waals surface area contributed by atoms with Gasteiger partial charge in [-0.2, -0.15) is 5.48 Å². The third-order valence-electron chi connectivity index (χ3n) is 7.21. The van der Waals surface area contributed by atoms with E-state index in [-0.39, 0.29) is 18.6 Å². The molecular formula is C28H35F2N3O3S. The Morgan fingerprint density at radius 3 is 2.81 bits per heavy atom. The average Bonchev–Trinajstić information content (AvgIpc) is 2.92. The Kier molecular flexibility index (Phi) is 10.1. The maximum atomic E-state index is 13.9. The summed E-state index contributed by atoms with van der Waals surface area (Å²) in [6.07, 6.45) is 4.59. The fraction of sp³-hybridized carbons (Fsp3) is 0.464. The van der Waals surface area contributed by atoms with E-state index in [0.717, 1.165) is 67.2 Å². The lowest BCUT2D eigenvalue weighted by atomic mass is 9.81. The predicted molar refractivity (Wildman–Crippen MR) is 143 cm³/mol. The highest BCUT2D eigenvalue weighted by Crippen LogP contribution is 2.34. The molecule has 4 rings (SSSR count). The molecule has 3 atom stereocenters. The van der Waals surface area contributed by atoms with Gasteiger partial charge in [0.05, 0.1) is 25.8 Å². The van der Waals surface area contributed by atoms with E-state index < -0.39 is 11.6 Å². The summed E-state index contributed by atoms with van der Waals surface area (Å²) in [4.78, 5) is 12.5. The lowest BCUT2D eigenvalue weighted by molar-refractivity contribution is 0.0434. The quantitative estimate of drug-likeness (QED) is 0.246. The fourth-order valence-electron chi connectivity index (χ4n) is 5.20. The number of hydrogen-bond donors (Lipinski definition) is 2. The van der Waals surface area contributed by atoms with E-state index >= 15 is 0 Å². The van der Waals surface area contributed by atoms with Crippen molar-refractivity contribution in [2.45, 2.75) is 30.2 Å². The number of aliphatic hydroxyl groups excluding tert-OH is 1. The number of methoxy groups -OCH3 is 1. The molecule has 3 aromatic rings. The van der Waals surface area contributed by atoms with Crippen molar-refractivity contribution < 1.29 is 23.5 Å². The number of aromatic nitrogens is 1. The van der Waals surface area contributed by atoms with Crippen LogP contribution in [-0.2, 0) is 4.84 Å². The highest BCUT2D eigenvalue weighted by molar-refractivity contribution is 7.99. The Bertz CT molecular complexity index is 1170. The Morgan fingerprint density at radius 2 is 2.03 bits per heavy atom. The summed E-state index contributed by atoms with van der Waals surface area (Å²) in [7, 11) is 3.28. The van der Waals surface area contributed by atoms with Crippen molar-refractivity contribution in [2.24, 2.45) is 11.8 Å². The van der Waals surface area contributed by atoms with Crippen LogP contribution in [0, 0.1) is 23.5 Å². The number of ether oxygens (including phenoxy) is 1. The monoisotopic (exact) mass is 531 g/mol. The molecule has 1 fully saturated rings. The van der Waals surface area contributed by atoms with Gasteiger partial charge in [0.25, 0.3) is 0 Å². The van der Waals surface area contributed by atoms with Crippen LogP contribution in [0.15, 0.2) is 53.6 Å². The van der Waals surface area contributed by atoms with Crippen molar-refractivity contribution in [1.29, 1.82) is 0 Å². The van der Waals surface area contributed by atoms with E-state index in [0.29, 0.717) is 16.6 Å². The zero-order valence-corrected chi connectivity index (χ0v) is 22.1. The summed E-state index contributed by atoms with van der Waals surface area (Å²) < 4.78 is 32.8. The van der Waals surface area contributed by atoms with E-state index in [1.165, 1.54) is 23.9 Å². The van der Waals surface area contributed by atoms with Gasteiger partial charge in [0.2, 0.25) is 0 Å². The summed E-state index contributed by atoms with van der Waals surface area (Å²) in [6, 6.07) is 11.4. The van der Waals surface area contributed by atoms with Crippen LogP contribution in [0.3, 0.4) is 0 Å². The van der Waals surface area contributed by atoms with Gasteiger partial charge in [-0.1, -0.05) is 0 Å². The fourth-order valence-corrected chi connectivity index (χ4v) is 6.17. The van der Waals surface area contributed by atoms with Crippen molar-refractivity contribution in [2.75, 3.05) is 46.2 Å². The van der Waals surface area contributed by atoms with Crippen molar-refractivity contribution >= 4 is 22.7 Å². The van der Waals surface area contributed by atoms with Crippen LogP contribution in [0.2, 0.25) is 0 Å². The standard InChI is InChI=1S/C28H35F2N3O3S/c1-35-22-5-8-26-24(16-22)23(9-11-31-26)27(32-36-2)7-3-19-10-12-33(17-20(19)18-34)13-14-37-28-15-21(29)4-6-25(28)30/h4-6,8-9,11,15-16,19-20,27,32,34H,3,7,10,12-14,17-18H2,1-2H3/t19-,20-,27-/m1/s1. The van der Waals surface area contributed by atoms with Gasteiger partial charge in [0.15, 0.2) is 0 Å². The van der Waals surface area contributed by atoms with Gasteiger partial charge < -0.3 is 19.6 Å². The minimum atomic E-state index is -0.426. The number of fused-ring (bicyclic) bond motifs is 1. The number of pyridine rings is 1. The van der Waals surface area contributed by atoms with Crippen LogP contribution in [0.1, 0.15) is 30.9 Å². The number of nitrogens with zero attached hydrogens (tertiary/aromatic N) is 2. The van der Waals surface area contributed by atoms with Gasteiger partial charge in [-0.15, -0.1) is 11.8 Å². The zero-order valence-electron chi connectivity index (χ0n) is 21.3. The molecule has 2 aromatic carbocycles. The van der Waals surface area contributed by atoms with E-state index in [2.05, 4.69) is 15.4 Å². The summed E-state index contributed by atoms with van der Waals surface area (Å²) in [5.74, 6) is 1.19. The highest BCUT2D eigenvalue weighted by Gasteiger charge is 2.29. The molecule has 0 saturated carbocycles. The Balaban J connectivity index is 1.35. The van der Waals surface area contributed by atoms with Crippen LogP contribution in [0.5, 0.6) is 5.75 Å². The van der Waals surface area contributed by atoms with Gasteiger partial charge in [-0.3, -0.25) is 4.98 Å². The lowest BCUT2D eigenvalue weighted by Gasteiger charge is -2.38. The summed E-state index contributed by atoms with van der Waals surface area (Å²) >= 11 is 1.33. The maximum absolute atomic E-state index is 13.9. The number of hydrogen-bond acceptors (Lipinski definition) is 7. The van der Waals surface area contributed by atoms with Crippen molar-refractivity contribution in [1.82, 2.24) is 15.4 Å². The molecule has 0 amide bonds. The summed E-state index contributed by atoms with van der Waals surface area (Å²) in [5, 5.41) is 11.2. The Morgan fingerprint density at radius 1 is 1.16 bits per heavy atom. The second-order valence-electron chi connectivity index (χ2n) is 9.45. The Hall–Kier alpha value is -2.30. The molecule has 0 aliphatic carbocycles. The Labute approximate surface area is 221 Å². The van der Waals surface area contributed by atoms with Crippen LogP contribution >= 0.6 is 11.8 Å². The van der Waals surface area contributed by atoms with Gasteiger partial charge in [0, 0.05) is 41.9 Å². The number of hydroxylamine groups is 1. The van der Waals surface area contributed by atoms with Crippen LogP contribution in [0.4, 0.5) is 8.78 Å². The average molecular weight is 532 g/mol. The molecule has 1 saturated heterocycles. The first-order valence-corrected chi connectivity index (χ1v) is 13.6. The van der Waals surface area contributed by atoms with E-state index in [1.54, 1.807) is 14.2 Å². The molecule has 1 aliphatic heterocycles. The van der Waals surface area contributed by atoms with Crippen LogP contribution < -0.4 is 10.2 Å². The SMILES string of the molecule is CON[C@H](CC[C@@H]1CCN(CCSc2cc(F)ccc2F)C[C@@H]1CO)c1ccnc2ccc(OC)cc12. The first kappa shape index (κ1) is 27.7. The van der Waals surface area contributed by atoms with Gasteiger partial charge in [0.1, 0.15) is 17.4 Å². The third kappa shape index (κ3) is 7.18. The first-order valence-electron chi connectivity index (χ1n) is 12.6. The zero-order chi connectivity index (χ0) is 26.2. The van der Waals surface area contributed by atoms with E-state index in [4.69, 9.17) is 9.57 Å². The molecule has 9 heteroatoms. The molecule has 37 heavy (non-hydrogen) atoms. The second-order valence-corrected chi connectivity index (χ2v) is 10.6. The molecule has 0 radical (unpaired) electrons. The molecule has 200 valence electrons. The molecule has 0 spiro atoms. The number of piperidine rings is 1. The number of nitrogens with one attached hydrogen (secondary N) is 1. The minimum Gasteiger partial charge on any atom is -0.497 e. The second kappa shape index (κ2) is 13.5.